The third-order valence-corrected chi connectivity index (χ3v) is 3.51. The van der Waals surface area contributed by atoms with Crippen molar-refractivity contribution in [3.05, 3.63) is 67.0 Å². The Labute approximate surface area is 126 Å². The molecule has 0 amide bonds. The number of rotatable bonds is 2. The summed E-state index contributed by atoms with van der Waals surface area (Å²) in [4.78, 5) is 0.633. The summed E-state index contributed by atoms with van der Waals surface area (Å²) < 4.78 is 1.86. The summed E-state index contributed by atoms with van der Waals surface area (Å²) in [6.45, 7) is 0. The maximum atomic E-state index is 11.9. The van der Waals surface area contributed by atoms with Crippen LogP contribution >= 0.6 is 38.5 Å². The van der Waals surface area contributed by atoms with Gasteiger partial charge in [0.25, 0.3) is 11.4 Å². The molecule has 0 unspecified atom stereocenters. The van der Waals surface area contributed by atoms with Crippen LogP contribution < -0.4 is 0 Å². The van der Waals surface area contributed by atoms with E-state index in [0.29, 0.717) is 15.4 Å². The summed E-state index contributed by atoms with van der Waals surface area (Å²) >= 11 is 5.41. The maximum absolute atomic E-state index is 11.9. The zero-order valence-corrected chi connectivity index (χ0v) is 12.8. The van der Waals surface area contributed by atoms with Crippen molar-refractivity contribution in [3.8, 4) is 0 Å². The fourth-order valence-corrected chi connectivity index (χ4v) is 1.97. The molecule has 18 heavy (non-hydrogen) atoms. The Morgan fingerprint density at radius 3 is 1.61 bits per heavy atom. The van der Waals surface area contributed by atoms with Gasteiger partial charge in [-0.2, -0.15) is 0 Å². The molecule has 0 N–H and O–H groups in total. The van der Waals surface area contributed by atoms with Crippen molar-refractivity contribution < 1.29 is 9.72 Å². The monoisotopic (exact) mass is 418 g/mol. The summed E-state index contributed by atoms with van der Waals surface area (Å²) in [5.41, 5.74) is 0.583. The van der Waals surface area contributed by atoms with Crippen molar-refractivity contribution in [3.63, 3.8) is 0 Å². The largest absolute Gasteiger partial charge is 0.561 e. The number of nitrogens with zero attached hydrogens (tertiary/aromatic N) is 2. The van der Waals surface area contributed by atoms with Crippen molar-refractivity contribution in [1.29, 1.82) is 0 Å². The van der Waals surface area contributed by atoms with Gasteiger partial charge in [-0.3, -0.25) is 0 Å². The fraction of sp³-hybridized carbons (Fsp3) is 0. The molecule has 0 aliphatic rings. The molecule has 4 nitrogen and oxygen atoms in total. The highest BCUT2D eigenvalue weighted by Crippen LogP contribution is 2.20. The van der Waals surface area contributed by atoms with Gasteiger partial charge in [0, 0.05) is 32.3 Å². The summed E-state index contributed by atoms with van der Waals surface area (Å²) in [6, 6.07) is 13.3. The molecule has 92 valence electrons. The van der Waals surface area contributed by atoms with Crippen molar-refractivity contribution in [1.82, 2.24) is 0 Å². The molecular weight excluding hydrogens is 411 g/mol. The maximum Gasteiger partial charge on any atom is 0.287 e. The summed E-state index contributed by atoms with van der Waals surface area (Å²) in [7, 11) is 0. The van der Waals surface area contributed by atoms with Crippen LogP contribution in [0, 0.1) is 14.0 Å². The van der Waals surface area contributed by atoms with Gasteiger partial charge < -0.3 is 10.4 Å². The lowest BCUT2D eigenvalue weighted by atomic mass is 10.3. The van der Waals surface area contributed by atoms with Gasteiger partial charge in [0.15, 0.2) is 0 Å². The molecule has 0 aliphatic heterocycles. The number of hydrogen-bond donors (Lipinski definition) is 0. The Morgan fingerprint density at radius 1 is 0.778 bits per heavy atom. The quantitative estimate of drug-likeness (QED) is 0.312. The molecule has 0 aromatic heterocycles. The highest BCUT2D eigenvalue weighted by molar-refractivity contribution is 14.1. The van der Waals surface area contributed by atoms with Crippen LogP contribution in [0.4, 0.5) is 11.4 Å². The van der Waals surface area contributed by atoms with E-state index in [1.165, 1.54) is 0 Å². The van der Waals surface area contributed by atoms with E-state index in [1.807, 2.05) is 0 Å². The molecule has 0 bridgehead atoms. The lowest BCUT2D eigenvalue weighted by molar-refractivity contribution is -0.896. The number of benzene rings is 2. The van der Waals surface area contributed by atoms with Gasteiger partial charge in [0.2, 0.25) is 0 Å². The second kappa shape index (κ2) is 5.66. The van der Waals surface area contributed by atoms with Gasteiger partial charge in [-0.15, -0.1) is 0 Å². The molecule has 0 atom stereocenters. The third-order valence-electron chi connectivity index (χ3n) is 2.26. The standard InChI is InChI=1S/C12H8BrIN2O2/c13-9-1-5-11(6-2-9)15(17)16(18)12-7-3-10(14)4-8-12/h1-8H/b16-15+. The van der Waals surface area contributed by atoms with E-state index in [4.69, 9.17) is 0 Å². The minimum Gasteiger partial charge on any atom is -0.561 e. The van der Waals surface area contributed by atoms with E-state index in [1.54, 1.807) is 48.5 Å². The average molecular weight is 419 g/mol. The first-order valence-corrected chi connectivity index (χ1v) is 6.90. The van der Waals surface area contributed by atoms with Crippen LogP contribution in [0.25, 0.3) is 0 Å². The van der Waals surface area contributed by atoms with Crippen LogP contribution in [-0.2, 0) is 0 Å². The van der Waals surface area contributed by atoms with E-state index < -0.39 is 0 Å². The Bertz CT molecular complexity index is 529. The molecule has 0 spiro atoms. The molecule has 0 saturated carbocycles. The van der Waals surface area contributed by atoms with E-state index >= 15 is 0 Å². The molecule has 2 aromatic carbocycles. The van der Waals surface area contributed by atoms with Crippen LogP contribution in [0.2, 0.25) is 0 Å². The zero-order valence-electron chi connectivity index (χ0n) is 9.09. The fourth-order valence-electron chi connectivity index (χ4n) is 1.35. The molecule has 0 aliphatic carbocycles. The van der Waals surface area contributed by atoms with Crippen molar-refractivity contribution in [2.45, 2.75) is 0 Å². The molecular formula is C12H8BrIN2O2. The lowest BCUT2D eigenvalue weighted by Gasteiger charge is -2.02. The summed E-state index contributed by atoms with van der Waals surface area (Å²) in [5.74, 6) is 0. The predicted octanol–water partition coefficient (Wildman–Crippen LogP) is 4.49. The van der Waals surface area contributed by atoms with Gasteiger partial charge in [0.05, 0.1) is 9.72 Å². The first-order valence-electron chi connectivity index (χ1n) is 5.03. The first kappa shape index (κ1) is 13.3. The topological polar surface area (TPSA) is 52.1 Å². The first-order chi connectivity index (χ1) is 8.58. The normalized spacial score (nSPS) is 12.1. The van der Waals surface area contributed by atoms with Gasteiger partial charge in [-0.25, -0.2) is 0 Å². The number of halogens is 2. The van der Waals surface area contributed by atoms with E-state index in [0.717, 1.165) is 8.04 Å². The van der Waals surface area contributed by atoms with Crippen LogP contribution in [0.5, 0.6) is 0 Å². The Hall–Kier alpha value is -1.15. The van der Waals surface area contributed by atoms with Crippen LogP contribution in [-0.4, -0.2) is 9.72 Å². The molecule has 6 heteroatoms. The molecule has 2 aromatic rings. The zero-order chi connectivity index (χ0) is 13.1. The molecule has 0 radical (unpaired) electrons. The third kappa shape index (κ3) is 2.99. The highest BCUT2D eigenvalue weighted by atomic mass is 127. The Balaban J connectivity index is 2.40. The van der Waals surface area contributed by atoms with Crippen molar-refractivity contribution >= 4 is 49.9 Å². The van der Waals surface area contributed by atoms with Gasteiger partial charge in [-0.1, -0.05) is 15.9 Å². The second-order valence-corrected chi connectivity index (χ2v) is 5.66. The van der Waals surface area contributed by atoms with Gasteiger partial charge in [0.1, 0.15) is 0 Å². The SMILES string of the molecule is [O-]/[N+](c1ccc(Br)cc1)=[N+](/[O-])c1ccc(I)cc1. The van der Waals surface area contributed by atoms with Crippen LogP contribution in [0.3, 0.4) is 0 Å². The van der Waals surface area contributed by atoms with E-state index in [9.17, 15) is 10.4 Å². The minimum absolute atomic E-state index is 0.284. The molecule has 0 fully saturated rings. The smallest absolute Gasteiger partial charge is 0.287 e. The van der Waals surface area contributed by atoms with Crippen LogP contribution in [0.1, 0.15) is 0 Å². The number of hydrogen-bond acceptors (Lipinski definition) is 2. The highest BCUT2D eigenvalue weighted by Gasteiger charge is 2.14. The van der Waals surface area contributed by atoms with Crippen LogP contribution in [0.15, 0.2) is 53.0 Å². The lowest BCUT2D eigenvalue weighted by Crippen LogP contribution is -2.08. The van der Waals surface area contributed by atoms with E-state index in [2.05, 4.69) is 38.5 Å². The van der Waals surface area contributed by atoms with Gasteiger partial charge >= 0.3 is 0 Å². The second-order valence-electron chi connectivity index (χ2n) is 3.50. The summed E-state index contributed by atoms with van der Waals surface area (Å²) in [6.07, 6.45) is 0. The molecule has 0 heterocycles. The van der Waals surface area contributed by atoms with E-state index in [-0.39, 0.29) is 5.69 Å². The van der Waals surface area contributed by atoms with Gasteiger partial charge in [-0.05, 0) is 46.9 Å². The summed E-state index contributed by atoms with van der Waals surface area (Å²) in [5, 5.41) is 23.7. The Kier molecular flexibility index (Phi) is 4.18. The predicted molar refractivity (Wildman–Crippen MR) is 79.9 cm³/mol. The van der Waals surface area contributed by atoms with Crippen molar-refractivity contribution in [2.75, 3.05) is 0 Å². The minimum atomic E-state index is 0.284. The molecule has 2 rings (SSSR count). The molecule has 0 saturated heterocycles. The number of azo groups is 1. The average Bonchev–Trinajstić information content (AvgIpc) is 2.39. The van der Waals surface area contributed by atoms with Crippen molar-refractivity contribution in [2.24, 2.45) is 0 Å². The Morgan fingerprint density at radius 2 is 1.17 bits per heavy atom.